The molecular weight excluding hydrogens is 487 g/mol. The number of nitrogens with zero attached hydrogens (tertiary/aromatic N) is 4. The Morgan fingerprint density at radius 1 is 1.16 bits per heavy atom. The third kappa shape index (κ3) is 7.63. The summed E-state index contributed by atoms with van der Waals surface area (Å²) in [5.74, 6) is 0.581. The minimum absolute atomic E-state index is 0.0581. The van der Waals surface area contributed by atoms with Crippen LogP contribution in [0.15, 0.2) is 33.7 Å². The molecular formula is C21H29BrF3N7. The van der Waals surface area contributed by atoms with E-state index < -0.39 is 11.7 Å². The van der Waals surface area contributed by atoms with Crippen molar-refractivity contribution in [2.75, 3.05) is 23.7 Å². The maximum Gasteiger partial charge on any atom is 0.417 e. The topological polar surface area (TPSA) is 91.5 Å². The molecule has 0 aliphatic carbocycles. The van der Waals surface area contributed by atoms with Crippen molar-refractivity contribution in [3.05, 3.63) is 40.0 Å². The van der Waals surface area contributed by atoms with Crippen molar-refractivity contribution in [3.8, 4) is 0 Å². The van der Waals surface area contributed by atoms with Crippen LogP contribution < -0.4 is 16.4 Å². The van der Waals surface area contributed by atoms with Crippen LogP contribution >= 0.6 is 15.9 Å². The van der Waals surface area contributed by atoms with Crippen molar-refractivity contribution in [3.63, 3.8) is 0 Å². The normalized spacial score (nSPS) is 12.7. The Morgan fingerprint density at radius 3 is 2.41 bits per heavy atom. The third-order valence-electron chi connectivity index (χ3n) is 4.61. The van der Waals surface area contributed by atoms with E-state index in [9.17, 15) is 13.2 Å². The molecule has 0 amide bonds. The van der Waals surface area contributed by atoms with Crippen LogP contribution in [-0.4, -0.2) is 46.0 Å². The van der Waals surface area contributed by atoms with Crippen molar-refractivity contribution in [1.29, 1.82) is 0 Å². The maximum absolute atomic E-state index is 13.1. The largest absolute Gasteiger partial charge is 0.417 e. The molecule has 32 heavy (non-hydrogen) atoms. The highest BCUT2D eigenvalue weighted by molar-refractivity contribution is 9.10. The second-order valence-corrected chi connectivity index (χ2v) is 8.72. The molecule has 0 saturated heterocycles. The number of benzene rings is 1. The molecule has 2 aromatic rings. The first-order chi connectivity index (χ1) is 14.9. The molecule has 4 N–H and O–H groups in total. The van der Waals surface area contributed by atoms with Gasteiger partial charge in [0.05, 0.1) is 5.56 Å². The van der Waals surface area contributed by atoms with Crippen LogP contribution in [0.5, 0.6) is 0 Å². The Balaban J connectivity index is 2.11. The van der Waals surface area contributed by atoms with Crippen molar-refractivity contribution < 1.29 is 13.2 Å². The van der Waals surface area contributed by atoms with Crippen LogP contribution in [0.1, 0.15) is 39.0 Å². The van der Waals surface area contributed by atoms with Gasteiger partial charge in [0.15, 0.2) is 0 Å². The van der Waals surface area contributed by atoms with E-state index in [1.807, 2.05) is 0 Å². The summed E-state index contributed by atoms with van der Waals surface area (Å²) in [6.45, 7) is 11.9. The monoisotopic (exact) mass is 515 g/mol. The van der Waals surface area contributed by atoms with Crippen LogP contribution in [-0.2, 0) is 6.18 Å². The lowest BCUT2D eigenvalue weighted by Gasteiger charge is -2.30. The van der Waals surface area contributed by atoms with E-state index >= 15 is 0 Å². The van der Waals surface area contributed by atoms with Gasteiger partial charge in [-0.3, -0.25) is 4.90 Å². The Bertz CT molecular complexity index is 937. The zero-order valence-corrected chi connectivity index (χ0v) is 20.3. The number of nitrogens with two attached hydrogens (primary N) is 1. The third-order valence-corrected chi connectivity index (χ3v) is 5.30. The van der Waals surface area contributed by atoms with E-state index in [-0.39, 0.29) is 22.1 Å². The maximum atomic E-state index is 13.1. The molecule has 1 aromatic carbocycles. The number of aliphatic imine (C=N–C) groups is 1. The Labute approximate surface area is 194 Å². The van der Waals surface area contributed by atoms with Gasteiger partial charge < -0.3 is 16.4 Å². The lowest BCUT2D eigenvalue weighted by molar-refractivity contribution is -0.138. The predicted molar refractivity (Wildman–Crippen MR) is 126 cm³/mol. The molecule has 0 aliphatic heterocycles. The number of halogens is 4. The average molecular weight is 516 g/mol. The number of hydrogen-bond donors (Lipinski definition) is 3. The summed E-state index contributed by atoms with van der Waals surface area (Å²) < 4.78 is 39.2. The van der Waals surface area contributed by atoms with Gasteiger partial charge in [-0.2, -0.15) is 23.1 Å². The Hall–Kier alpha value is -2.40. The number of rotatable bonds is 8. The number of anilines is 2. The first-order valence-corrected chi connectivity index (χ1v) is 11.0. The van der Waals surface area contributed by atoms with E-state index in [0.717, 1.165) is 12.6 Å². The van der Waals surface area contributed by atoms with E-state index in [1.165, 1.54) is 12.1 Å². The molecule has 0 unspecified atom stereocenters. The van der Waals surface area contributed by atoms with Gasteiger partial charge in [0.2, 0.25) is 5.96 Å². The molecule has 7 nitrogen and oxygen atoms in total. The fourth-order valence-corrected chi connectivity index (χ4v) is 3.69. The van der Waals surface area contributed by atoms with Crippen molar-refractivity contribution >= 4 is 39.3 Å². The molecule has 0 radical (unpaired) electrons. The van der Waals surface area contributed by atoms with Gasteiger partial charge >= 0.3 is 6.18 Å². The smallest absolute Gasteiger partial charge is 0.369 e. The van der Waals surface area contributed by atoms with Gasteiger partial charge in [-0.25, -0.2) is 4.98 Å². The number of hydrogen-bond acceptors (Lipinski definition) is 5. The van der Waals surface area contributed by atoms with Crippen LogP contribution in [0, 0.1) is 6.92 Å². The SMILES string of the molecule is Cc1cc(NCCN(C(C)C)C(C)C)nc(/N=C(/N)Nc2ccc(Br)c(C(F)(F)F)c2)n1. The minimum atomic E-state index is -4.50. The van der Waals surface area contributed by atoms with Crippen molar-refractivity contribution in [1.82, 2.24) is 14.9 Å². The van der Waals surface area contributed by atoms with Gasteiger partial charge in [0, 0.05) is 47.1 Å². The molecule has 0 spiro atoms. The van der Waals surface area contributed by atoms with Crippen LogP contribution in [0.2, 0.25) is 0 Å². The highest BCUT2D eigenvalue weighted by Gasteiger charge is 2.33. The van der Waals surface area contributed by atoms with E-state index in [0.29, 0.717) is 30.1 Å². The molecule has 176 valence electrons. The summed E-state index contributed by atoms with van der Waals surface area (Å²) in [4.78, 5) is 15.0. The molecule has 1 aromatic heterocycles. The van der Waals surface area contributed by atoms with Crippen molar-refractivity contribution in [2.24, 2.45) is 10.7 Å². The molecule has 0 atom stereocenters. The molecule has 0 saturated carbocycles. The van der Waals surface area contributed by atoms with Gasteiger partial charge in [-0.05, 0) is 52.8 Å². The lowest BCUT2D eigenvalue weighted by Crippen LogP contribution is -2.40. The highest BCUT2D eigenvalue weighted by atomic mass is 79.9. The Kier molecular flexibility index (Phi) is 8.85. The molecule has 0 fully saturated rings. The molecule has 1 heterocycles. The summed E-state index contributed by atoms with van der Waals surface area (Å²) in [5, 5.41) is 5.92. The van der Waals surface area contributed by atoms with Gasteiger partial charge in [-0.1, -0.05) is 15.9 Å². The standard InChI is InChI=1S/C21H29BrF3N7/c1-12(2)32(13(3)4)9-8-27-18-10-14(5)28-20(30-18)31-19(26)29-15-6-7-17(22)16(11-15)21(23,24)25/h6-7,10-13H,8-9H2,1-5H3,(H4,26,27,28,29,30,31). The summed E-state index contributed by atoms with van der Waals surface area (Å²) in [6, 6.07) is 6.34. The van der Waals surface area contributed by atoms with Gasteiger partial charge in [0.25, 0.3) is 5.95 Å². The highest BCUT2D eigenvalue weighted by Crippen LogP contribution is 2.36. The molecule has 0 bridgehead atoms. The van der Waals surface area contributed by atoms with E-state index in [1.54, 1.807) is 13.0 Å². The zero-order valence-electron chi connectivity index (χ0n) is 18.8. The lowest BCUT2D eigenvalue weighted by atomic mass is 10.2. The first kappa shape index (κ1) is 25.9. The summed E-state index contributed by atoms with van der Waals surface area (Å²) in [7, 11) is 0. The fourth-order valence-electron chi connectivity index (χ4n) is 3.22. The number of alkyl halides is 3. The molecule has 2 rings (SSSR count). The van der Waals surface area contributed by atoms with Gasteiger partial charge in [0.1, 0.15) is 5.82 Å². The number of aryl methyl sites for hydroxylation is 1. The average Bonchev–Trinajstić information content (AvgIpc) is 2.64. The summed E-state index contributed by atoms with van der Waals surface area (Å²) >= 11 is 2.91. The Morgan fingerprint density at radius 2 is 1.81 bits per heavy atom. The molecule has 0 aliphatic rings. The zero-order chi connectivity index (χ0) is 24.1. The predicted octanol–water partition coefficient (Wildman–Crippen LogP) is 5.16. The first-order valence-electron chi connectivity index (χ1n) is 10.2. The van der Waals surface area contributed by atoms with Crippen LogP contribution in [0.25, 0.3) is 0 Å². The summed E-state index contributed by atoms with van der Waals surface area (Å²) in [6.07, 6.45) is -4.50. The quantitative estimate of drug-likeness (QED) is 0.332. The second kappa shape index (κ2) is 11.0. The molecule has 11 heteroatoms. The second-order valence-electron chi connectivity index (χ2n) is 7.86. The van der Waals surface area contributed by atoms with E-state index in [2.05, 4.69) is 74.1 Å². The van der Waals surface area contributed by atoms with Crippen LogP contribution in [0.3, 0.4) is 0 Å². The number of nitrogens with one attached hydrogen (secondary N) is 2. The van der Waals surface area contributed by atoms with Crippen LogP contribution in [0.4, 0.5) is 30.6 Å². The van der Waals surface area contributed by atoms with Crippen molar-refractivity contribution in [2.45, 2.75) is 52.9 Å². The number of aromatic nitrogens is 2. The minimum Gasteiger partial charge on any atom is -0.369 e. The fraction of sp³-hybridized carbons (Fsp3) is 0.476. The van der Waals surface area contributed by atoms with Gasteiger partial charge in [-0.15, -0.1) is 0 Å². The number of guanidine groups is 1. The van der Waals surface area contributed by atoms with E-state index in [4.69, 9.17) is 5.73 Å². The summed E-state index contributed by atoms with van der Waals surface area (Å²) in [5.41, 5.74) is 5.90.